The van der Waals surface area contributed by atoms with Gasteiger partial charge in [0.25, 0.3) is 0 Å². The minimum absolute atomic E-state index is 0.125. The summed E-state index contributed by atoms with van der Waals surface area (Å²) in [7, 11) is 0. The van der Waals surface area contributed by atoms with Crippen LogP contribution in [0, 0.1) is 0 Å². The molecule has 0 bridgehead atoms. The van der Waals surface area contributed by atoms with Crippen LogP contribution in [0.4, 0.5) is 0 Å². The molecule has 0 aromatic heterocycles. The quantitative estimate of drug-likeness (QED) is 0.0262. The number of carbonyl (C=O) groups excluding carboxylic acids is 3. The molecule has 70 heavy (non-hydrogen) atoms. The van der Waals surface area contributed by atoms with Gasteiger partial charge in [0, 0.05) is 19.3 Å². The Kier molecular flexibility index (Phi) is 53.0. The van der Waals surface area contributed by atoms with Crippen molar-refractivity contribution in [2.75, 3.05) is 13.2 Å². The Morgan fingerprint density at radius 3 is 0.957 bits per heavy atom. The third kappa shape index (κ3) is 54.2. The van der Waals surface area contributed by atoms with Gasteiger partial charge in [0.1, 0.15) is 13.2 Å². The largest absolute Gasteiger partial charge is 0.462 e. The molecule has 1 unspecified atom stereocenters. The van der Waals surface area contributed by atoms with Gasteiger partial charge in [-0.25, -0.2) is 0 Å². The lowest BCUT2D eigenvalue weighted by Gasteiger charge is -2.18. The van der Waals surface area contributed by atoms with E-state index in [-0.39, 0.29) is 44.0 Å². The highest BCUT2D eigenvalue weighted by Gasteiger charge is 2.19. The Bertz CT molecular complexity index is 1580. The first-order valence-corrected chi connectivity index (χ1v) is 27.8. The first-order valence-electron chi connectivity index (χ1n) is 27.8. The number of ether oxygens (including phenoxy) is 3. The summed E-state index contributed by atoms with van der Waals surface area (Å²) in [6.45, 7) is 6.27. The standard InChI is InChI=1S/C64H100O6/c1-4-7-10-13-16-19-22-25-27-29-30-31-32-33-34-35-37-39-42-45-48-51-54-57-63(66)69-60-61(59-68-62(65)56-53-50-47-44-41-38-24-21-18-15-12-9-6-3)70-64(67)58-55-52-49-46-43-40-36-28-26-23-20-17-14-11-8-5-2/h7,9-10,12,16,18-21,23,25,27-28,30-31,33-34,36-39,41,47,50,61H,4-6,8,11,13-15,17,22,24,26,29,32,35,40,42-46,48-49,51-60H2,1-3H3/b10-7-,12-9-,19-16-,21-18-,23-20-,27-25-,31-30-,34-33-,36-28-,39-37-,41-38-,50-47-. The highest BCUT2D eigenvalue weighted by atomic mass is 16.6. The topological polar surface area (TPSA) is 78.9 Å². The van der Waals surface area contributed by atoms with Crippen LogP contribution in [0.2, 0.25) is 0 Å². The van der Waals surface area contributed by atoms with E-state index < -0.39 is 6.10 Å². The molecule has 6 nitrogen and oxygen atoms in total. The van der Waals surface area contributed by atoms with E-state index in [9.17, 15) is 14.4 Å². The molecule has 0 saturated carbocycles. The predicted octanol–water partition coefficient (Wildman–Crippen LogP) is 18.8. The number of unbranched alkanes of at least 4 members (excludes halogenated alkanes) is 13. The summed E-state index contributed by atoms with van der Waals surface area (Å²) in [6.07, 6.45) is 81.3. The Hall–Kier alpha value is -4.71. The minimum Gasteiger partial charge on any atom is -0.462 e. The highest BCUT2D eigenvalue weighted by Crippen LogP contribution is 2.12. The maximum atomic E-state index is 12.8. The third-order valence-corrected chi connectivity index (χ3v) is 11.1. The molecule has 1 atom stereocenters. The van der Waals surface area contributed by atoms with Gasteiger partial charge < -0.3 is 14.2 Å². The minimum atomic E-state index is -0.832. The second kappa shape index (κ2) is 56.9. The SMILES string of the molecule is CC/C=C\C/C=C\C/C=C\C/C=C\C/C=C\C/C=C\CCCCCCC(=O)OCC(COC(=O)CC/C=C\C/C=C\C/C=C\C/C=C\CC)OC(=O)CCCCCCC/C=C\C/C=C\CCCCCC. The van der Waals surface area contributed by atoms with Gasteiger partial charge in [-0.15, -0.1) is 0 Å². The maximum absolute atomic E-state index is 12.8. The zero-order valence-electron chi connectivity index (χ0n) is 44.7. The molecule has 392 valence electrons. The van der Waals surface area contributed by atoms with Gasteiger partial charge in [-0.2, -0.15) is 0 Å². The molecule has 0 aliphatic rings. The molecule has 0 aromatic rings. The van der Waals surface area contributed by atoms with E-state index in [2.05, 4.69) is 154 Å². The van der Waals surface area contributed by atoms with Gasteiger partial charge in [0.05, 0.1) is 0 Å². The summed E-state index contributed by atoms with van der Waals surface area (Å²) in [5.74, 6) is -1.05. The van der Waals surface area contributed by atoms with Crippen molar-refractivity contribution >= 4 is 17.9 Å². The van der Waals surface area contributed by atoms with Gasteiger partial charge in [-0.1, -0.05) is 218 Å². The summed E-state index contributed by atoms with van der Waals surface area (Å²) in [6, 6.07) is 0. The van der Waals surface area contributed by atoms with Crippen LogP contribution < -0.4 is 0 Å². The lowest BCUT2D eigenvalue weighted by molar-refractivity contribution is -0.166. The molecule has 0 rings (SSSR count). The lowest BCUT2D eigenvalue weighted by Crippen LogP contribution is -2.30. The van der Waals surface area contributed by atoms with Crippen molar-refractivity contribution in [1.29, 1.82) is 0 Å². The molecular weight excluding hydrogens is 865 g/mol. The van der Waals surface area contributed by atoms with Crippen LogP contribution in [0.3, 0.4) is 0 Å². The maximum Gasteiger partial charge on any atom is 0.306 e. The van der Waals surface area contributed by atoms with E-state index in [1.807, 2.05) is 12.2 Å². The van der Waals surface area contributed by atoms with Gasteiger partial charge >= 0.3 is 17.9 Å². The molecule has 6 heteroatoms. The average Bonchev–Trinajstić information content (AvgIpc) is 3.36. The smallest absolute Gasteiger partial charge is 0.306 e. The van der Waals surface area contributed by atoms with Crippen LogP contribution in [0.1, 0.15) is 220 Å². The number of hydrogen-bond donors (Lipinski definition) is 0. The summed E-state index contributed by atoms with van der Waals surface area (Å²) in [5.41, 5.74) is 0. The van der Waals surface area contributed by atoms with Crippen molar-refractivity contribution in [1.82, 2.24) is 0 Å². The van der Waals surface area contributed by atoms with Crippen LogP contribution in [-0.2, 0) is 28.6 Å². The second-order valence-electron chi connectivity index (χ2n) is 17.7. The molecule has 0 heterocycles. The molecule has 0 spiro atoms. The number of esters is 3. The van der Waals surface area contributed by atoms with E-state index in [0.717, 1.165) is 141 Å². The number of allylic oxidation sites excluding steroid dienone is 24. The molecule has 0 aliphatic carbocycles. The summed E-state index contributed by atoms with van der Waals surface area (Å²) >= 11 is 0. The molecular formula is C64H100O6. The van der Waals surface area contributed by atoms with Crippen molar-refractivity contribution in [3.8, 4) is 0 Å². The fourth-order valence-electron chi connectivity index (χ4n) is 6.96. The van der Waals surface area contributed by atoms with Gasteiger partial charge in [0.15, 0.2) is 6.10 Å². The van der Waals surface area contributed by atoms with E-state index in [0.29, 0.717) is 12.8 Å². The van der Waals surface area contributed by atoms with E-state index >= 15 is 0 Å². The number of hydrogen-bond acceptors (Lipinski definition) is 6. The van der Waals surface area contributed by atoms with Crippen LogP contribution in [-0.4, -0.2) is 37.2 Å². The second-order valence-corrected chi connectivity index (χ2v) is 17.7. The molecule has 0 aromatic carbocycles. The van der Waals surface area contributed by atoms with E-state index in [1.165, 1.54) is 32.1 Å². The summed E-state index contributed by atoms with van der Waals surface area (Å²) < 4.78 is 16.7. The van der Waals surface area contributed by atoms with E-state index in [4.69, 9.17) is 14.2 Å². The Labute approximate surface area is 429 Å². The van der Waals surface area contributed by atoms with Crippen LogP contribution >= 0.6 is 0 Å². The van der Waals surface area contributed by atoms with Crippen LogP contribution in [0.15, 0.2) is 146 Å². The summed E-state index contributed by atoms with van der Waals surface area (Å²) in [5, 5.41) is 0. The van der Waals surface area contributed by atoms with Crippen LogP contribution in [0.25, 0.3) is 0 Å². The van der Waals surface area contributed by atoms with Crippen molar-refractivity contribution in [2.45, 2.75) is 226 Å². The molecule has 0 saturated heterocycles. The number of carbonyl (C=O) groups is 3. The summed E-state index contributed by atoms with van der Waals surface area (Å²) in [4.78, 5) is 38.1. The average molecular weight is 965 g/mol. The van der Waals surface area contributed by atoms with Gasteiger partial charge in [-0.3, -0.25) is 14.4 Å². The third-order valence-electron chi connectivity index (χ3n) is 11.1. The first-order chi connectivity index (χ1) is 34.5. The molecule has 0 amide bonds. The Morgan fingerprint density at radius 1 is 0.300 bits per heavy atom. The Balaban J connectivity index is 4.52. The Morgan fingerprint density at radius 2 is 0.586 bits per heavy atom. The molecule has 0 aliphatic heterocycles. The predicted molar refractivity (Wildman–Crippen MR) is 302 cm³/mol. The zero-order valence-corrected chi connectivity index (χ0v) is 44.7. The molecule has 0 radical (unpaired) electrons. The van der Waals surface area contributed by atoms with E-state index in [1.54, 1.807) is 0 Å². The van der Waals surface area contributed by atoms with Crippen molar-refractivity contribution in [3.05, 3.63) is 146 Å². The number of rotatable bonds is 48. The van der Waals surface area contributed by atoms with Gasteiger partial charge in [0.2, 0.25) is 0 Å². The molecule has 0 N–H and O–H groups in total. The zero-order chi connectivity index (χ0) is 50.7. The highest BCUT2D eigenvalue weighted by molar-refractivity contribution is 5.71. The van der Waals surface area contributed by atoms with Gasteiger partial charge in [-0.05, 0) is 128 Å². The first kappa shape index (κ1) is 65.3. The fraction of sp³-hybridized carbons (Fsp3) is 0.578. The van der Waals surface area contributed by atoms with Crippen molar-refractivity contribution in [2.24, 2.45) is 0 Å². The van der Waals surface area contributed by atoms with Crippen molar-refractivity contribution < 1.29 is 28.6 Å². The van der Waals surface area contributed by atoms with Crippen molar-refractivity contribution in [3.63, 3.8) is 0 Å². The normalized spacial score (nSPS) is 13.2. The fourth-order valence-corrected chi connectivity index (χ4v) is 6.96. The lowest BCUT2D eigenvalue weighted by atomic mass is 10.1. The molecule has 0 fully saturated rings. The van der Waals surface area contributed by atoms with Crippen LogP contribution in [0.5, 0.6) is 0 Å². The monoisotopic (exact) mass is 965 g/mol.